The lowest BCUT2D eigenvalue weighted by Crippen LogP contribution is -2.31. The van der Waals surface area contributed by atoms with E-state index in [0.29, 0.717) is 5.56 Å². The lowest BCUT2D eigenvalue weighted by Gasteiger charge is -2.21. The predicted octanol–water partition coefficient (Wildman–Crippen LogP) is 3.22. The van der Waals surface area contributed by atoms with Crippen molar-refractivity contribution in [3.05, 3.63) is 64.4 Å². The van der Waals surface area contributed by atoms with Crippen molar-refractivity contribution < 1.29 is 17.9 Å². The van der Waals surface area contributed by atoms with Crippen LogP contribution in [0, 0.1) is 6.92 Å². The molecule has 0 atom stereocenters. The first-order valence-electron chi connectivity index (χ1n) is 7.22. The van der Waals surface area contributed by atoms with E-state index < -0.39 is 16.0 Å². The molecule has 0 aliphatic rings. The zero-order chi connectivity index (χ0) is 17.7. The number of methoxy groups -OCH3 is 1. The van der Waals surface area contributed by atoms with Crippen molar-refractivity contribution in [2.24, 2.45) is 0 Å². The quantitative estimate of drug-likeness (QED) is 0.558. The number of benzene rings is 1. The van der Waals surface area contributed by atoms with Gasteiger partial charge in [0.1, 0.15) is 0 Å². The number of aryl methyl sites for hydroxylation is 1. The molecule has 0 saturated carbocycles. The molecule has 128 valence electrons. The smallest absolute Gasteiger partial charge is 0.337 e. The number of carbonyl (C=O) groups is 1. The molecule has 24 heavy (non-hydrogen) atoms. The third-order valence-corrected chi connectivity index (χ3v) is 6.29. The van der Waals surface area contributed by atoms with Crippen LogP contribution >= 0.6 is 11.3 Å². The molecule has 1 aromatic heterocycles. The van der Waals surface area contributed by atoms with Gasteiger partial charge in [0.2, 0.25) is 10.0 Å². The standard InChI is InChI=1S/C17H19NO4S2/c1-4-9-18(12-15-6-5-10-23-15)24(20,21)16-11-14(17(19)22-3)8-7-13(16)2/h4-8,10-11H,1,9,12H2,2-3H3. The Morgan fingerprint density at radius 1 is 1.38 bits per heavy atom. The van der Waals surface area contributed by atoms with Gasteiger partial charge in [-0.05, 0) is 36.1 Å². The zero-order valence-corrected chi connectivity index (χ0v) is 15.2. The largest absolute Gasteiger partial charge is 0.465 e. The first-order valence-corrected chi connectivity index (χ1v) is 9.54. The highest BCUT2D eigenvalue weighted by atomic mass is 32.2. The van der Waals surface area contributed by atoms with Crippen LogP contribution in [-0.4, -0.2) is 32.3 Å². The number of sulfonamides is 1. The normalized spacial score (nSPS) is 11.5. The summed E-state index contributed by atoms with van der Waals surface area (Å²) >= 11 is 1.49. The SMILES string of the molecule is C=CCN(Cc1cccs1)S(=O)(=O)c1cc(C(=O)OC)ccc1C. The van der Waals surface area contributed by atoms with Crippen molar-refractivity contribution in [2.75, 3.05) is 13.7 Å². The number of hydrogen-bond acceptors (Lipinski definition) is 5. The Hall–Kier alpha value is -1.96. The number of esters is 1. The first-order chi connectivity index (χ1) is 11.4. The molecule has 2 rings (SSSR count). The summed E-state index contributed by atoms with van der Waals surface area (Å²) < 4.78 is 32.1. The number of carbonyl (C=O) groups excluding carboxylic acids is 1. The Kier molecular flexibility index (Phi) is 5.93. The van der Waals surface area contributed by atoms with Crippen molar-refractivity contribution >= 4 is 27.3 Å². The Morgan fingerprint density at radius 3 is 2.71 bits per heavy atom. The topological polar surface area (TPSA) is 63.7 Å². The van der Waals surface area contributed by atoms with E-state index in [4.69, 9.17) is 0 Å². The molecule has 0 aliphatic carbocycles. The van der Waals surface area contributed by atoms with Crippen molar-refractivity contribution in [1.29, 1.82) is 0 Å². The fourth-order valence-corrected chi connectivity index (χ4v) is 4.67. The van der Waals surface area contributed by atoms with Crippen molar-refractivity contribution in [3.8, 4) is 0 Å². The summed E-state index contributed by atoms with van der Waals surface area (Å²) in [6, 6.07) is 8.28. The van der Waals surface area contributed by atoms with Crippen LogP contribution in [-0.2, 0) is 21.3 Å². The van der Waals surface area contributed by atoms with Crippen molar-refractivity contribution in [2.45, 2.75) is 18.4 Å². The minimum absolute atomic E-state index is 0.101. The average molecular weight is 365 g/mol. The molecular weight excluding hydrogens is 346 g/mol. The van der Waals surface area contributed by atoms with E-state index >= 15 is 0 Å². The summed E-state index contributed by atoms with van der Waals surface area (Å²) in [5.41, 5.74) is 0.777. The lowest BCUT2D eigenvalue weighted by molar-refractivity contribution is 0.0600. The summed E-state index contributed by atoms with van der Waals surface area (Å²) in [6.07, 6.45) is 1.55. The third-order valence-electron chi connectivity index (χ3n) is 3.47. The van der Waals surface area contributed by atoms with Gasteiger partial charge in [-0.15, -0.1) is 17.9 Å². The van der Waals surface area contributed by atoms with E-state index in [-0.39, 0.29) is 23.5 Å². The maximum absolute atomic E-state index is 13.1. The number of ether oxygens (including phenoxy) is 1. The highest BCUT2D eigenvalue weighted by molar-refractivity contribution is 7.89. The van der Waals surface area contributed by atoms with Gasteiger partial charge >= 0.3 is 5.97 Å². The Labute approximate surface area is 146 Å². The number of nitrogens with zero attached hydrogens (tertiary/aromatic N) is 1. The molecule has 0 unspecified atom stereocenters. The van der Waals surface area contributed by atoms with Crippen LogP contribution in [0.3, 0.4) is 0 Å². The number of rotatable bonds is 7. The van der Waals surface area contributed by atoms with Gasteiger partial charge in [-0.3, -0.25) is 0 Å². The second kappa shape index (κ2) is 7.74. The molecule has 0 aliphatic heterocycles. The molecule has 0 radical (unpaired) electrons. The Bertz CT molecular complexity index is 826. The summed E-state index contributed by atoms with van der Waals surface area (Å²) in [6.45, 7) is 5.78. The predicted molar refractivity (Wildman–Crippen MR) is 94.6 cm³/mol. The van der Waals surface area contributed by atoms with Gasteiger partial charge in [0.25, 0.3) is 0 Å². The first kappa shape index (κ1) is 18.4. The Morgan fingerprint density at radius 2 is 2.12 bits per heavy atom. The second-order valence-electron chi connectivity index (χ2n) is 5.14. The van der Waals surface area contributed by atoms with E-state index in [1.54, 1.807) is 25.1 Å². The molecular formula is C17H19NO4S2. The van der Waals surface area contributed by atoms with Gasteiger partial charge < -0.3 is 4.74 Å². The van der Waals surface area contributed by atoms with Gasteiger partial charge in [-0.2, -0.15) is 4.31 Å². The van der Waals surface area contributed by atoms with E-state index in [1.807, 2.05) is 17.5 Å². The molecule has 0 bridgehead atoms. The number of thiophene rings is 1. The van der Waals surface area contributed by atoms with Crippen LogP contribution < -0.4 is 0 Å². The van der Waals surface area contributed by atoms with Gasteiger partial charge in [-0.25, -0.2) is 13.2 Å². The van der Waals surface area contributed by atoms with E-state index in [0.717, 1.165) is 4.88 Å². The minimum atomic E-state index is -3.77. The van der Waals surface area contributed by atoms with Gasteiger partial charge in [-0.1, -0.05) is 18.2 Å². The van der Waals surface area contributed by atoms with Crippen LogP contribution in [0.5, 0.6) is 0 Å². The molecule has 0 N–H and O–H groups in total. The summed E-state index contributed by atoms with van der Waals surface area (Å²) in [7, 11) is -2.51. The maximum Gasteiger partial charge on any atom is 0.337 e. The average Bonchev–Trinajstić information content (AvgIpc) is 3.07. The van der Waals surface area contributed by atoms with Crippen LogP contribution in [0.4, 0.5) is 0 Å². The van der Waals surface area contributed by atoms with Crippen molar-refractivity contribution in [3.63, 3.8) is 0 Å². The maximum atomic E-state index is 13.1. The van der Waals surface area contributed by atoms with Crippen LogP contribution in [0.1, 0.15) is 20.8 Å². The van der Waals surface area contributed by atoms with Crippen LogP contribution in [0.25, 0.3) is 0 Å². The highest BCUT2D eigenvalue weighted by Crippen LogP contribution is 2.24. The third kappa shape index (κ3) is 3.92. The van der Waals surface area contributed by atoms with E-state index in [1.165, 1.54) is 28.8 Å². The molecule has 1 heterocycles. The highest BCUT2D eigenvalue weighted by Gasteiger charge is 2.26. The molecule has 0 spiro atoms. The molecule has 0 saturated heterocycles. The molecule has 7 heteroatoms. The fraction of sp³-hybridized carbons (Fsp3) is 0.235. The second-order valence-corrected chi connectivity index (χ2v) is 8.08. The number of hydrogen-bond donors (Lipinski definition) is 0. The lowest BCUT2D eigenvalue weighted by atomic mass is 10.1. The minimum Gasteiger partial charge on any atom is -0.465 e. The van der Waals surface area contributed by atoms with Crippen LogP contribution in [0.2, 0.25) is 0 Å². The zero-order valence-electron chi connectivity index (χ0n) is 13.6. The van der Waals surface area contributed by atoms with E-state index in [2.05, 4.69) is 11.3 Å². The monoisotopic (exact) mass is 365 g/mol. The summed E-state index contributed by atoms with van der Waals surface area (Å²) in [4.78, 5) is 12.7. The molecule has 0 amide bonds. The van der Waals surface area contributed by atoms with E-state index in [9.17, 15) is 13.2 Å². The summed E-state index contributed by atoms with van der Waals surface area (Å²) in [5, 5.41) is 1.90. The molecule has 5 nitrogen and oxygen atoms in total. The molecule has 1 aromatic carbocycles. The van der Waals surface area contributed by atoms with Gasteiger partial charge in [0.15, 0.2) is 0 Å². The fourth-order valence-electron chi connectivity index (χ4n) is 2.23. The molecule has 0 fully saturated rings. The van der Waals surface area contributed by atoms with Gasteiger partial charge in [0, 0.05) is 18.0 Å². The molecule has 2 aromatic rings. The summed E-state index contributed by atoms with van der Waals surface area (Å²) in [5.74, 6) is -0.569. The van der Waals surface area contributed by atoms with Crippen LogP contribution in [0.15, 0.2) is 53.3 Å². The van der Waals surface area contributed by atoms with Gasteiger partial charge in [0.05, 0.1) is 17.6 Å². The van der Waals surface area contributed by atoms with Crippen molar-refractivity contribution in [1.82, 2.24) is 4.31 Å². The Balaban J connectivity index is 2.46.